The number of amides is 1. The summed E-state index contributed by atoms with van der Waals surface area (Å²) in [7, 11) is 0. The molecule has 7 heteroatoms. The second kappa shape index (κ2) is 9.38. The molecule has 0 aliphatic carbocycles. The number of hydrogen-bond acceptors (Lipinski definition) is 4. The summed E-state index contributed by atoms with van der Waals surface area (Å²) in [4.78, 5) is 15.7. The average molecular weight is 458 g/mol. The van der Waals surface area contributed by atoms with E-state index in [4.69, 9.17) is 4.74 Å². The van der Waals surface area contributed by atoms with Crippen molar-refractivity contribution in [1.82, 2.24) is 4.90 Å². The van der Waals surface area contributed by atoms with Crippen molar-refractivity contribution in [3.63, 3.8) is 0 Å². The number of aliphatic hydroxyl groups is 1. The molecule has 0 spiro atoms. The molecule has 168 valence electrons. The largest absolute Gasteiger partial charge is 0.437 e. The van der Waals surface area contributed by atoms with Crippen molar-refractivity contribution in [2.24, 2.45) is 0 Å². The Morgan fingerprint density at radius 1 is 1.19 bits per heavy atom. The standard InChI is InChI=1S/C25H25F2NO3S/c1-17(18-5-7-19(8-6-18)21-10-9-20(26)16-22(21)27)28-13-12-25(11-3-14-29,31-24(28)30)23-4-2-15-32-23/h2,4-10,15-17,29H,3,11-14H2,1H3/t17-,25?/m0/s1. The normalized spacial score (nSPS) is 19.6. The summed E-state index contributed by atoms with van der Waals surface area (Å²) in [5.74, 6) is -1.23. The Bertz CT molecular complexity index is 1070. The molecule has 1 N–H and O–H groups in total. The van der Waals surface area contributed by atoms with E-state index in [0.29, 0.717) is 36.9 Å². The number of aliphatic hydroxyl groups excluding tert-OH is 1. The van der Waals surface area contributed by atoms with Gasteiger partial charge in [0.25, 0.3) is 0 Å². The van der Waals surface area contributed by atoms with E-state index in [1.54, 1.807) is 28.4 Å². The highest BCUT2D eigenvalue weighted by Crippen LogP contribution is 2.42. The lowest BCUT2D eigenvalue weighted by Gasteiger charge is -2.43. The minimum Gasteiger partial charge on any atom is -0.437 e. The van der Waals surface area contributed by atoms with Crippen LogP contribution in [-0.4, -0.2) is 29.3 Å². The number of carbonyl (C=O) groups is 1. The van der Waals surface area contributed by atoms with Gasteiger partial charge < -0.3 is 14.7 Å². The summed E-state index contributed by atoms with van der Waals surface area (Å²) in [5.41, 5.74) is 1.16. The molecule has 1 aliphatic heterocycles. The van der Waals surface area contributed by atoms with Gasteiger partial charge in [0, 0.05) is 36.1 Å². The molecule has 2 heterocycles. The van der Waals surface area contributed by atoms with Crippen LogP contribution in [0.3, 0.4) is 0 Å². The Balaban J connectivity index is 1.50. The van der Waals surface area contributed by atoms with Crippen molar-refractivity contribution in [1.29, 1.82) is 0 Å². The number of thiophene rings is 1. The molecule has 0 saturated carbocycles. The van der Waals surface area contributed by atoms with Crippen LogP contribution < -0.4 is 0 Å². The van der Waals surface area contributed by atoms with Gasteiger partial charge in [0.2, 0.25) is 0 Å². The van der Waals surface area contributed by atoms with Crippen LogP contribution in [0.1, 0.15) is 42.7 Å². The van der Waals surface area contributed by atoms with Crippen LogP contribution in [0.5, 0.6) is 0 Å². The van der Waals surface area contributed by atoms with E-state index >= 15 is 0 Å². The van der Waals surface area contributed by atoms with Crippen molar-refractivity contribution >= 4 is 17.4 Å². The van der Waals surface area contributed by atoms with Crippen LogP contribution in [0.2, 0.25) is 0 Å². The minimum atomic E-state index is -0.700. The highest BCUT2D eigenvalue weighted by molar-refractivity contribution is 7.10. The second-order valence-corrected chi connectivity index (χ2v) is 8.98. The summed E-state index contributed by atoms with van der Waals surface area (Å²) in [6.07, 6.45) is 1.39. The predicted octanol–water partition coefficient (Wildman–Crippen LogP) is 6.26. The number of rotatable bonds is 7. The Morgan fingerprint density at radius 3 is 2.59 bits per heavy atom. The van der Waals surface area contributed by atoms with E-state index in [9.17, 15) is 18.7 Å². The van der Waals surface area contributed by atoms with Crippen molar-refractivity contribution in [2.45, 2.75) is 37.8 Å². The van der Waals surface area contributed by atoms with E-state index in [-0.39, 0.29) is 18.7 Å². The van der Waals surface area contributed by atoms with Crippen molar-refractivity contribution in [3.05, 3.63) is 82.1 Å². The second-order valence-electron chi connectivity index (χ2n) is 8.03. The molecule has 1 saturated heterocycles. The summed E-state index contributed by atoms with van der Waals surface area (Å²) < 4.78 is 33.3. The molecular weight excluding hydrogens is 432 g/mol. The number of cyclic esters (lactones) is 1. The Kier molecular flexibility index (Phi) is 6.58. The third-order valence-electron chi connectivity index (χ3n) is 6.09. The van der Waals surface area contributed by atoms with Crippen molar-refractivity contribution < 1.29 is 23.4 Å². The lowest BCUT2D eigenvalue weighted by molar-refractivity contribution is -0.0658. The fraction of sp³-hybridized carbons (Fsp3) is 0.320. The van der Waals surface area contributed by atoms with Gasteiger partial charge in [-0.2, -0.15) is 0 Å². The van der Waals surface area contributed by atoms with Crippen LogP contribution in [-0.2, 0) is 10.3 Å². The van der Waals surface area contributed by atoms with Crippen LogP contribution in [0.4, 0.5) is 13.6 Å². The first-order valence-electron chi connectivity index (χ1n) is 10.6. The maximum atomic E-state index is 14.1. The van der Waals surface area contributed by atoms with Crippen LogP contribution >= 0.6 is 11.3 Å². The van der Waals surface area contributed by atoms with E-state index in [1.807, 2.05) is 36.6 Å². The maximum absolute atomic E-state index is 14.1. The highest BCUT2D eigenvalue weighted by atomic mass is 32.1. The molecule has 2 aromatic carbocycles. The predicted molar refractivity (Wildman–Crippen MR) is 120 cm³/mol. The first-order valence-corrected chi connectivity index (χ1v) is 11.5. The van der Waals surface area contributed by atoms with E-state index in [2.05, 4.69) is 0 Å². The van der Waals surface area contributed by atoms with Crippen LogP contribution in [0.25, 0.3) is 11.1 Å². The van der Waals surface area contributed by atoms with Gasteiger partial charge in [0.05, 0.1) is 6.04 Å². The van der Waals surface area contributed by atoms with Crippen molar-refractivity contribution in [3.8, 4) is 11.1 Å². The zero-order chi connectivity index (χ0) is 22.7. The topological polar surface area (TPSA) is 49.8 Å². The molecule has 1 fully saturated rings. The monoisotopic (exact) mass is 457 g/mol. The van der Waals surface area contributed by atoms with Crippen LogP contribution in [0.15, 0.2) is 60.0 Å². The van der Waals surface area contributed by atoms with E-state index in [1.165, 1.54) is 12.1 Å². The summed E-state index contributed by atoms with van der Waals surface area (Å²) in [6, 6.07) is 14.4. The lowest BCUT2D eigenvalue weighted by Crippen LogP contribution is -2.48. The van der Waals surface area contributed by atoms with E-state index in [0.717, 1.165) is 16.5 Å². The molecule has 3 aromatic rings. The first-order chi connectivity index (χ1) is 15.4. The molecule has 1 unspecified atom stereocenters. The summed E-state index contributed by atoms with van der Waals surface area (Å²) >= 11 is 1.56. The molecule has 4 rings (SSSR count). The van der Waals surface area contributed by atoms with Gasteiger partial charge in [-0.25, -0.2) is 13.6 Å². The lowest BCUT2D eigenvalue weighted by atomic mass is 9.89. The number of halogens is 2. The molecule has 4 nitrogen and oxygen atoms in total. The Hall–Kier alpha value is -2.77. The maximum Gasteiger partial charge on any atom is 0.411 e. The molecule has 1 aliphatic rings. The van der Waals surface area contributed by atoms with E-state index < -0.39 is 17.2 Å². The smallest absolute Gasteiger partial charge is 0.411 e. The van der Waals surface area contributed by atoms with Gasteiger partial charge in [-0.15, -0.1) is 11.3 Å². The molecular formula is C25H25F2NO3S. The summed E-state index contributed by atoms with van der Waals surface area (Å²) in [6.45, 7) is 2.50. The SMILES string of the molecule is C[C@@H](c1ccc(-c2ccc(F)cc2F)cc1)N1CCC(CCCO)(c2cccs2)OC1=O. The molecule has 2 atom stereocenters. The van der Waals surface area contributed by atoms with Gasteiger partial charge in [-0.05, 0) is 54.5 Å². The summed E-state index contributed by atoms with van der Waals surface area (Å²) in [5, 5.41) is 11.3. The minimum absolute atomic E-state index is 0.0474. The zero-order valence-electron chi connectivity index (χ0n) is 17.8. The zero-order valence-corrected chi connectivity index (χ0v) is 18.6. The molecule has 0 bridgehead atoms. The van der Waals surface area contributed by atoms with Crippen LogP contribution in [0, 0.1) is 11.6 Å². The van der Waals surface area contributed by atoms with Crippen molar-refractivity contribution in [2.75, 3.05) is 13.2 Å². The number of benzene rings is 2. The number of hydrogen-bond donors (Lipinski definition) is 1. The number of nitrogens with zero attached hydrogens (tertiary/aromatic N) is 1. The quantitative estimate of drug-likeness (QED) is 0.455. The fourth-order valence-electron chi connectivity index (χ4n) is 4.24. The average Bonchev–Trinajstić information content (AvgIpc) is 3.33. The van der Waals surface area contributed by atoms with Gasteiger partial charge >= 0.3 is 6.09 Å². The van der Waals surface area contributed by atoms with Gasteiger partial charge in [0.1, 0.15) is 17.2 Å². The number of carbonyl (C=O) groups excluding carboxylic acids is 1. The molecule has 0 radical (unpaired) electrons. The Labute approximate surface area is 190 Å². The van der Waals surface area contributed by atoms with Gasteiger partial charge in [-0.3, -0.25) is 0 Å². The third-order valence-corrected chi connectivity index (χ3v) is 7.14. The highest BCUT2D eigenvalue weighted by Gasteiger charge is 2.43. The molecule has 1 amide bonds. The van der Waals surface area contributed by atoms with Gasteiger partial charge in [0.15, 0.2) is 0 Å². The molecule has 32 heavy (non-hydrogen) atoms. The molecule has 1 aromatic heterocycles. The fourth-order valence-corrected chi connectivity index (χ4v) is 5.16. The third kappa shape index (κ3) is 4.40. The number of ether oxygens (including phenoxy) is 1. The first kappa shape index (κ1) is 22.4. The Morgan fingerprint density at radius 2 is 1.97 bits per heavy atom. The van der Waals surface area contributed by atoms with Gasteiger partial charge in [-0.1, -0.05) is 30.3 Å².